The second-order valence-corrected chi connectivity index (χ2v) is 3.74. The van der Waals surface area contributed by atoms with Crippen LogP contribution in [-0.4, -0.2) is 22.2 Å². The molecule has 1 N–H and O–H groups in total. The molecule has 1 heterocycles. The predicted octanol–water partition coefficient (Wildman–Crippen LogP) is 1.18. The predicted molar refractivity (Wildman–Crippen MR) is 65.7 cm³/mol. The lowest BCUT2D eigenvalue weighted by Gasteiger charge is -2.03. The Morgan fingerprint density at radius 3 is 2.78 bits per heavy atom. The number of aromatic nitrogens is 2. The first kappa shape index (κ1) is 11.9. The largest absolute Gasteiger partial charge is 0.350 e. The third-order valence-electron chi connectivity index (χ3n) is 2.47. The second-order valence-electron chi connectivity index (χ2n) is 3.74. The molecule has 2 aromatic rings. The van der Waals surface area contributed by atoms with Crippen molar-refractivity contribution >= 4 is 5.91 Å². The molecule has 0 saturated heterocycles. The maximum absolute atomic E-state index is 11.7. The molecule has 1 aromatic carbocycles. The van der Waals surface area contributed by atoms with E-state index in [1.807, 2.05) is 36.5 Å². The van der Waals surface area contributed by atoms with Crippen molar-refractivity contribution in [2.75, 3.05) is 6.54 Å². The minimum atomic E-state index is -0.264. The average Bonchev–Trinajstić information content (AvgIpc) is 2.89. The van der Waals surface area contributed by atoms with Gasteiger partial charge in [-0.25, -0.2) is 0 Å². The molecule has 5 nitrogen and oxygen atoms in total. The lowest BCUT2D eigenvalue weighted by atomic mass is 10.1. The maximum atomic E-state index is 11.7. The zero-order valence-electron chi connectivity index (χ0n) is 9.71. The first-order valence-electron chi connectivity index (χ1n) is 5.57. The van der Waals surface area contributed by atoms with E-state index < -0.39 is 0 Å². The van der Waals surface area contributed by atoms with Crippen molar-refractivity contribution in [3.8, 4) is 6.19 Å². The summed E-state index contributed by atoms with van der Waals surface area (Å²) in [6, 6.07) is 11.4. The van der Waals surface area contributed by atoms with Crippen LogP contribution in [-0.2, 0) is 6.42 Å². The van der Waals surface area contributed by atoms with Crippen LogP contribution in [0.5, 0.6) is 0 Å². The number of hydrogen-bond acceptors (Lipinski definition) is 3. The van der Waals surface area contributed by atoms with Gasteiger partial charge in [0.25, 0.3) is 5.91 Å². The third-order valence-corrected chi connectivity index (χ3v) is 2.47. The van der Waals surface area contributed by atoms with Gasteiger partial charge in [0.05, 0.1) is 0 Å². The number of hydrogen-bond donors (Lipinski definition) is 1. The molecule has 0 aliphatic carbocycles. The van der Waals surface area contributed by atoms with Gasteiger partial charge in [0.2, 0.25) is 6.19 Å². The SMILES string of the molecule is N#Cn1ccc(C(=O)NCCc2ccccc2)n1. The van der Waals surface area contributed by atoms with Crippen LogP contribution in [0.1, 0.15) is 16.1 Å². The first-order valence-corrected chi connectivity index (χ1v) is 5.57. The maximum Gasteiger partial charge on any atom is 0.271 e. The Hall–Kier alpha value is -2.61. The highest BCUT2D eigenvalue weighted by molar-refractivity contribution is 5.92. The molecule has 1 amide bonds. The Morgan fingerprint density at radius 2 is 2.11 bits per heavy atom. The Morgan fingerprint density at radius 1 is 1.33 bits per heavy atom. The summed E-state index contributed by atoms with van der Waals surface area (Å²) in [6.45, 7) is 0.544. The molecule has 0 saturated carbocycles. The van der Waals surface area contributed by atoms with Gasteiger partial charge in [0.1, 0.15) is 0 Å². The van der Waals surface area contributed by atoms with E-state index in [9.17, 15) is 4.79 Å². The van der Waals surface area contributed by atoms with Gasteiger partial charge in [-0.05, 0) is 18.1 Å². The molecule has 90 valence electrons. The van der Waals surface area contributed by atoms with Crippen LogP contribution in [0.3, 0.4) is 0 Å². The fraction of sp³-hybridized carbons (Fsp3) is 0.154. The van der Waals surface area contributed by atoms with E-state index >= 15 is 0 Å². The first-order chi connectivity index (χ1) is 8.79. The van der Waals surface area contributed by atoms with Gasteiger partial charge in [-0.3, -0.25) is 4.79 Å². The lowest BCUT2D eigenvalue weighted by molar-refractivity contribution is 0.0949. The molecule has 0 unspecified atom stereocenters. The number of amides is 1. The number of nitriles is 1. The molecule has 5 heteroatoms. The fourth-order valence-corrected chi connectivity index (χ4v) is 1.56. The van der Waals surface area contributed by atoms with E-state index in [4.69, 9.17) is 5.26 Å². The van der Waals surface area contributed by atoms with Crippen LogP contribution in [0.4, 0.5) is 0 Å². The van der Waals surface area contributed by atoms with Crippen LogP contribution < -0.4 is 5.32 Å². The highest BCUT2D eigenvalue weighted by Crippen LogP contribution is 1.99. The summed E-state index contributed by atoms with van der Waals surface area (Å²) in [7, 11) is 0. The van der Waals surface area contributed by atoms with E-state index in [2.05, 4.69) is 10.4 Å². The number of carbonyl (C=O) groups excluding carboxylic acids is 1. The van der Waals surface area contributed by atoms with E-state index in [0.717, 1.165) is 11.1 Å². The van der Waals surface area contributed by atoms with Crippen molar-refractivity contribution in [2.45, 2.75) is 6.42 Å². The molecule has 0 aliphatic heterocycles. The topological polar surface area (TPSA) is 70.7 Å². The average molecular weight is 240 g/mol. The smallest absolute Gasteiger partial charge is 0.271 e. The van der Waals surface area contributed by atoms with Crippen LogP contribution in [0, 0.1) is 11.5 Å². The Kier molecular flexibility index (Phi) is 3.72. The van der Waals surface area contributed by atoms with E-state index in [1.54, 1.807) is 0 Å². The molecule has 0 spiro atoms. The molecular weight excluding hydrogens is 228 g/mol. The van der Waals surface area contributed by atoms with Gasteiger partial charge in [-0.1, -0.05) is 30.3 Å². The summed E-state index contributed by atoms with van der Waals surface area (Å²) in [5.41, 5.74) is 1.42. The van der Waals surface area contributed by atoms with Crippen molar-refractivity contribution in [3.63, 3.8) is 0 Å². The highest BCUT2D eigenvalue weighted by Gasteiger charge is 2.08. The van der Waals surface area contributed by atoms with Crippen molar-refractivity contribution < 1.29 is 4.79 Å². The lowest BCUT2D eigenvalue weighted by Crippen LogP contribution is -2.26. The van der Waals surface area contributed by atoms with Gasteiger partial charge in [0, 0.05) is 12.7 Å². The summed E-state index contributed by atoms with van der Waals surface area (Å²) in [4.78, 5) is 11.7. The third kappa shape index (κ3) is 2.95. The van der Waals surface area contributed by atoms with Crippen LogP contribution >= 0.6 is 0 Å². The minimum Gasteiger partial charge on any atom is -0.350 e. The van der Waals surface area contributed by atoms with Crippen molar-refractivity contribution in [2.24, 2.45) is 0 Å². The Bertz CT molecular complexity index is 568. The van der Waals surface area contributed by atoms with Crippen LogP contribution in [0.2, 0.25) is 0 Å². The molecule has 0 radical (unpaired) electrons. The number of carbonyl (C=O) groups is 1. The Balaban J connectivity index is 1.84. The van der Waals surface area contributed by atoms with Crippen molar-refractivity contribution in [1.82, 2.24) is 15.1 Å². The zero-order valence-corrected chi connectivity index (χ0v) is 9.71. The summed E-state index contributed by atoms with van der Waals surface area (Å²) >= 11 is 0. The zero-order chi connectivity index (χ0) is 12.8. The van der Waals surface area contributed by atoms with Gasteiger partial charge in [-0.15, -0.1) is 0 Å². The van der Waals surface area contributed by atoms with Gasteiger partial charge in [-0.2, -0.15) is 15.0 Å². The molecule has 0 fully saturated rings. The summed E-state index contributed by atoms with van der Waals surface area (Å²) in [6.07, 6.45) is 4.03. The minimum absolute atomic E-state index is 0.254. The molecule has 2 rings (SSSR count). The molecule has 18 heavy (non-hydrogen) atoms. The number of nitrogens with zero attached hydrogens (tertiary/aromatic N) is 3. The fourth-order valence-electron chi connectivity index (χ4n) is 1.56. The molecule has 0 aliphatic rings. The molecular formula is C13H12N4O. The van der Waals surface area contributed by atoms with Crippen LogP contribution in [0.15, 0.2) is 42.6 Å². The van der Waals surface area contributed by atoms with Crippen molar-refractivity contribution in [1.29, 1.82) is 5.26 Å². The van der Waals surface area contributed by atoms with Gasteiger partial charge in [0.15, 0.2) is 5.69 Å². The molecule has 0 atom stereocenters. The summed E-state index contributed by atoms with van der Waals surface area (Å²) < 4.78 is 1.05. The number of nitrogens with one attached hydrogen (secondary N) is 1. The Labute approximate surface area is 105 Å². The highest BCUT2D eigenvalue weighted by atomic mass is 16.1. The number of rotatable bonds is 4. The second kappa shape index (κ2) is 5.64. The van der Waals surface area contributed by atoms with Crippen LogP contribution in [0.25, 0.3) is 0 Å². The van der Waals surface area contributed by atoms with Crippen molar-refractivity contribution in [3.05, 3.63) is 53.9 Å². The quantitative estimate of drug-likeness (QED) is 0.872. The molecule has 1 aromatic heterocycles. The molecule has 0 bridgehead atoms. The number of benzene rings is 1. The van der Waals surface area contributed by atoms with Gasteiger partial charge < -0.3 is 5.32 Å². The summed E-state index contributed by atoms with van der Waals surface area (Å²) in [5, 5.41) is 15.1. The summed E-state index contributed by atoms with van der Waals surface area (Å²) in [5.74, 6) is -0.264. The van der Waals surface area contributed by atoms with Gasteiger partial charge >= 0.3 is 0 Å². The monoisotopic (exact) mass is 240 g/mol. The van der Waals surface area contributed by atoms with E-state index in [-0.39, 0.29) is 11.6 Å². The van der Waals surface area contributed by atoms with E-state index in [0.29, 0.717) is 6.54 Å². The standard InChI is InChI=1S/C13H12N4O/c14-10-17-9-7-12(16-17)13(18)15-8-6-11-4-2-1-3-5-11/h1-5,7,9H,6,8H2,(H,15,18). The van der Waals surface area contributed by atoms with E-state index in [1.165, 1.54) is 17.8 Å². The normalized spacial score (nSPS) is 9.72.